The van der Waals surface area contributed by atoms with Gasteiger partial charge in [-0.05, 0) is 64.5 Å². The van der Waals surface area contributed by atoms with Crippen LogP contribution >= 0.6 is 15.9 Å². The van der Waals surface area contributed by atoms with Crippen molar-refractivity contribution in [3.63, 3.8) is 0 Å². The summed E-state index contributed by atoms with van der Waals surface area (Å²) in [6.07, 6.45) is 1.65. The molecular weight excluding hydrogens is 372 g/mol. The van der Waals surface area contributed by atoms with Crippen LogP contribution in [0.4, 0.5) is 5.69 Å². The molecule has 0 unspecified atom stereocenters. The number of amides is 1. The normalized spacial score (nSPS) is 10.2. The molecule has 0 aliphatic rings. The number of aromatic nitrogens is 1. The number of carbonyl (C=O) groups excluding carboxylic acids is 2. The highest BCUT2D eigenvalue weighted by atomic mass is 79.9. The number of aromatic amines is 1. The van der Waals surface area contributed by atoms with E-state index in [0.29, 0.717) is 22.7 Å². The quantitative estimate of drug-likeness (QED) is 0.521. The molecule has 2 N–H and O–H groups in total. The van der Waals surface area contributed by atoms with E-state index in [1.807, 2.05) is 6.07 Å². The van der Waals surface area contributed by atoms with E-state index in [9.17, 15) is 9.59 Å². The van der Waals surface area contributed by atoms with Gasteiger partial charge in [0.15, 0.2) is 0 Å². The molecule has 0 bridgehead atoms. The number of esters is 1. The first-order valence-corrected chi connectivity index (χ1v) is 7.94. The van der Waals surface area contributed by atoms with Gasteiger partial charge in [-0.15, -0.1) is 0 Å². The fraction of sp³-hybridized carbons (Fsp3) is 0. The maximum Gasteiger partial charge on any atom is 0.360 e. The monoisotopic (exact) mass is 384 g/mol. The minimum Gasteiger partial charge on any atom is -0.422 e. The fourth-order valence-electron chi connectivity index (χ4n) is 2.07. The lowest BCUT2D eigenvalue weighted by Gasteiger charge is -2.08. The number of hydrogen-bond acceptors (Lipinski definition) is 3. The van der Waals surface area contributed by atoms with E-state index < -0.39 is 5.97 Å². The number of carbonyl (C=O) groups is 2. The Labute approximate surface area is 146 Å². The zero-order valence-corrected chi connectivity index (χ0v) is 14.0. The van der Waals surface area contributed by atoms with Gasteiger partial charge in [-0.1, -0.05) is 12.1 Å². The van der Waals surface area contributed by atoms with E-state index in [4.69, 9.17) is 4.74 Å². The summed E-state index contributed by atoms with van der Waals surface area (Å²) < 4.78 is 5.95. The third-order valence-corrected chi connectivity index (χ3v) is 3.95. The lowest BCUT2D eigenvalue weighted by molar-refractivity contribution is 0.0729. The van der Waals surface area contributed by atoms with Crippen LogP contribution in [-0.2, 0) is 0 Å². The van der Waals surface area contributed by atoms with Crippen LogP contribution in [0.25, 0.3) is 0 Å². The molecule has 0 saturated carbocycles. The molecule has 0 fully saturated rings. The largest absolute Gasteiger partial charge is 0.422 e. The highest BCUT2D eigenvalue weighted by molar-refractivity contribution is 9.10. The zero-order valence-electron chi connectivity index (χ0n) is 12.5. The van der Waals surface area contributed by atoms with E-state index in [1.165, 1.54) is 0 Å². The van der Waals surface area contributed by atoms with E-state index in [-0.39, 0.29) is 5.91 Å². The third-order valence-electron chi connectivity index (χ3n) is 3.26. The van der Waals surface area contributed by atoms with Crippen LogP contribution in [0.15, 0.2) is 71.3 Å². The number of ether oxygens (including phenoxy) is 1. The van der Waals surface area contributed by atoms with Crippen molar-refractivity contribution in [3.05, 3.63) is 82.6 Å². The molecular formula is C18H13BrN2O3. The van der Waals surface area contributed by atoms with Crippen molar-refractivity contribution >= 4 is 33.5 Å². The standard InChI is InChI=1S/C18H13BrN2O3/c19-15-5-2-1-4-14(15)17(22)21-12-7-9-13(10-8-12)24-18(23)16-6-3-11-20-16/h1-11,20H,(H,21,22). The number of halogens is 1. The Morgan fingerprint density at radius 3 is 2.38 bits per heavy atom. The van der Waals surface area contributed by atoms with Crippen LogP contribution in [0.5, 0.6) is 5.75 Å². The van der Waals surface area contributed by atoms with Crippen molar-refractivity contribution in [1.29, 1.82) is 0 Å². The number of benzene rings is 2. The second-order valence-corrected chi connectivity index (χ2v) is 5.79. The lowest BCUT2D eigenvalue weighted by Crippen LogP contribution is -2.12. The van der Waals surface area contributed by atoms with Crippen molar-refractivity contribution in [1.82, 2.24) is 4.98 Å². The first-order valence-electron chi connectivity index (χ1n) is 7.15. The average Bonchev–Trinajstić information content (AvgIpc) is 3.11. The number of H-pyrrole nitrogens is 1. The van der Waals surface area contributed by atoms with Crippen molar-refractivity contribution in [2.24, 2.45) is 0 Å². The first kappa shape index (κ1) is 16.0. The molecule has 1 aromatic heterocycles. The van der Waals surface area contributed by atoms with Gasteiger partial charge in [0, 0.05) is 16.4 Å². The van der Waals surface area contributed by atoms with Crippen LogP contribution in [0.1, 0.15) is 20.8 Å². The van der Waals surface area contributed by atoms with Crippen molar-refractivity contribution in [2.45, 2.75) is 0 Å². The zero-order chi connectivity index (χ0) is 16.9. The summed E-state index contributed by atoms with van der Waals surface area (Å²) in [5, 5.41) is 2.79. The Bertz CT molecular complexity index is 858. The summed E-state index contributed by atoms with van der Waals surface area (Å²) >= 11 is 3.35. The predicted molar refractivity (Wildman–Crippen MR) is 94.3 cm³/mol. The maximum absolute atomic E-state index is 12.2. The lowest BCUT2D eigenvalue weighted by atomic mass is 10.2. The predicted octanol–water partition coefficient (Wildman–Crippen LogP) is 4.25. The van der Waals surface area contributed by atoms with Gasteiger partial charge in [0.05, 0.1) is 5.56 Å². The van der Waals surface area contributed by atoms with E-state index >= 15 is 0 Å². The van der Waals surface area contributed by atoms with E-state index in [1.54, 1.807) is 60.8 Å². The first-order chi connectivity index (χ1) is 11.6. The van der Waals surface area contributed by atoms with E-state index in [0.717, 1.165) is 4.47 Å². The summed E-state index contributed by atoms with van der Waals surface area (Å²) in [7, 11) is 0. The Morgan fingerprint density at radius 1 is 0.958 bits per heavy atom. The van der Waals surface area contributed by atoms with Gasteiger partial charge in [-0.2, -0.15) is 0 Å². The highest BCUT2D eigenvalue weighted by Crippen LogP contribution is 2.20. The van der Waals surface area contributed by atoms with Crippen LogP contribution in [-0.4, -0.2) is 16.9 Å². The second kappa shape index (κ2) is 7.14. The highest BCUT2D eigenvalue weighted by Gasteiger charge is 2.11. The molecule has 1 amide bonds. The number of nitrogens with one attached hydrogen (secondary N) is 2. The Hall–Kier alpha value is -2.86. The van der Waals surface area contributed by atoms with Gasteiger partial charge in [-0.3, -0.25) is 4.79 Å². The van der Waals surface area contributed by atoms with Crippen LogP contribution in [0.3, 0.4) is 0 Å². The summed E-state index contributed by atoms with van der Waals surface area (Å²) in [5.41, 5.74) is 1.52. The summed E-state index contributed by atoms with van der Waals surface area (Å²) in [5.74, 6) is -0.294. The molecule has 0 atom stereocenters. The second-order valence-electron chi connectivity index (χ2n) is 4.93. The van der Waals surface area contributed by atoms with Crippen molar-refractivity contribution in [2.75, 3.05) is 5.32 Å². The Morgan fingerprint density at radius 2 is 1.71 bits per heavy atom. The minimum atomic E-state index is -0.468. The SMILES string of the molecule is O=C(Oc1ccc(NC(=O)c2ccccc2Br)cc1)c1ccc[nH]1. The molecule has 3 rings (SSSR count). The molecule has 1 heterocycles. The molecule has 24 heavy (non-hydrogen) atoms. The van der Waals surface area contributed by atoms with Gasteiger partial charge >= 0.3 is 5.97 Å². The van der Waals surface area contributed by atoms with Crippen molar-refractivity contribution in [3.8, 4) is 5.75 Å². The van der Waals surface area contributed by atoms with Gasteiger partial charge in [0.25, 0.3) is 5.91 Å². The molecule has 3 aromatic rings. The number of anilines is 1. The Kier molecular flexibility index (Phi) is 4.77. The third kappa shape index (κ3) is 3.72. The minimum absolute atomic E-state index is 0.224. The van der Waals surface area contributed by atoms with Gasteiger partial charge < -0.3 is 15.0 Å². The molecule has 2 aromatic carbocycles. The molecule has 120 valence electrons. The number of rotatable bonds is 4. The smallest absolute Gasteiger partial charge is 0.360 e. The molecule has 0 saturated heterocycles. The molecule has 0 aliphatic carbocycles. The topological polar surface area (TPSA) is 71.2 Å². The molecule has 6 heteroatoms. The average molecular weight is 385 g/mol. The Balaban J connectivity index is 1.65. The summed E-state index contributed by atoms with van der Waals surface area (Å²) in [6.45, 7) is 0. The fourth-order valence-corrected chi connectivity index (χ4v) is 2.53. The van der Waals surface area contributed by atoms with Crippen LogP contribution < -0.4 is 10.1 Å². The molecule has 5 nitrogen and oxygen atoms in total. The van der Waals surface area contributed by atoms with Crippen LogP contribution in [0.2, 0.25) is 0 Å². The van der Waals surface area contributed by atoms with Gasteiger partial charge in [-0.25, -0.2) is 4.79 Å². The molecule has 0 spiro atoms. The van der Waals surface area contributed by atoms with E-state index in [2.05, 4.69) is 26.2 Å². The van der Waals surface area contributed by atoms with Gasteiger partial charge in [0.1, 0.15) is 11.4 Å². The maximum atomic E-state index is 12.2. The molecule has 0 radical (unpaired) electrons. The number of hydrogen-bond donors (Lipinski definition) is 2. The summed E-state index contributed by atoms with van der Waals surface area (Å²) in [6, 6.07) is 17.1. The van der Waals surface area contributed by atoms with Crippen LogP contribution in [0, 0.1) is 0 Å². The molecule has 0 aliphatic heterocycles. The van der Waals surface area contributed by atoms with Crippen molar-refractivity contribution < 1.29 is 14.3 Å². The van der Waals surface area contributed by atoms with Gasteiger partial charge in [0.2, 0.25) is 0 Å². The summed E-state index contributed by atoms with van der Waals surface area (Å²) in [4.78, 5) is 26.8.